The molecule has 2 unspecified atom stereocenters. The van der Waals surface area contributed by atoms with Crippen LogP contribution in [0.4, 0.5) is 8.78 Å². The number of benzene rings is 2. The molecule has 0 aliphatic heterocycles. The first-order valence-electron chi connectivity index (χ1n) is 13.5. The highest BCUT2D eigenvalue weighted by atomic mass is 19.2. The van der Waals surface area contributed by atoms with Gasteiger partial charge >= 0.3 is 0 Å². The van der Waals surface area contributed by atoms with Crippen LogP contribution < -0.4 is 10.4 Å². The lowest BCUT2D eigenvalue weighted by atomic mass is 9.71. The Kier molecular flexibility index (Phi) is 8.76. The molecule has 2 aliphatic rings. The number of alkyl halides is 1. The summed E-state index contributed by atoms with van der Waals surface area (Å²) in [6.07, 6.45) is 16.8. The Balaban J connectivity index is 1.45. The van der Waals surface area contributed by atoms with Gasteiger partial charge in [-0.15, -0.1) is 6.58 Å². The van der Waals surface area contributed by atoms with Gasteiger partial charge in [0.25, 0.3) is 0 Å². The van der Waals surface area contributed by atoms with E-state index >= 15 is 8.78 Å². The zero-order chi connectivity index (χ0) is 24.7. The van der Waals surface area contributed by atoms with Crippen LogP contribution in [0.2, 0.25) is 0 Å². The van der Waals surface area contributed by atoms with Crippen LogP contribution in [0, 0.1) is 11.3 Å². The molecule has 0 bridgehead atoms. The lowest BCUT2D eigenvalue weighted by Crippen LogP contribution is -2.43. The number of rotatable bonds is 10. The van der Waals surface area contributed by atoms with Crippen molar-refractivity contribution >= 4 is 11.9 Å². The lowest BCUT2D eigenvalue weighted by molar-refractivity contribution is 0.180. The van der Waals surface area contributed by atoms with E-state index in [1.54, 1.807) is 12.1 Å². The van der Waals surface area contributed by atoms with E-state index in [1.165, 1.54) is 43.2 Å². The number of fused-ring (bicyclic) bond motifs is 1. The number of hydrogen-bond acceptors (Lipinski definition) is 0. The summed E-state index contributed by atoms with van der Waals surface area (Å²) in [5.41, 5.74) is 1.82. The van der Waals surface area contributed by atoms with Gasteiger partial charge in [-0.1, -0.05) is 72.8 Å². The van der Waals surface area contributed by atoms with Gasteiger partial charge in [0.1, 0.15) is 5.83 Å². The predicted octanol–water partition coefficient (Wildman–Crippen LogP) is 8.11. The number of halogens is 2. The van der Waals surface area contributed by atoms with Crippen LogP contribution in [-0.4, -0.2) is 6.17 Å². The van der Waals surface area contributed by atoms with Gasteiger partial charge in [-0.25, -0.2) is 8.78 Å². The van der Waals surface area contributed by atoms with E-state index < -0.39 is 17.4 Å². The van der Waals surface area contributed by atoms with E-state index in [1.807, 2.05) is 37.3 Å². The Morgan fingerprint density at radius 3 is 2.43 bits per heavy atom. The second-order valence-electron chi connectivity index (χ2n) is 10.6. The van der Waals surface area contributed by atoms with Crippen molar-refractivity contribution in [2.24, 2.45) is 11.3 Å². The minimum absolute atomic E-state index is 0.408. The van der Waals surface area contributed by atoms with Gasteiger partial charge in [0.05, 0.1) is 0 Å². The average molecular weight is 475 g/mol. The fourth-order valence-corrected chi connectivity index (χ4v) is 6.13. The molecule has 186 valence electrons. The number of aryl methyl sites for hydroxylation is 1. The van der Waals surface area contributed by atoms with Gasteiger partial charge < -0.3 is 0 Å². The molecule has 0 N–H and O–H groups in total. The monoisotopic (exact) mass is 474 g/mol. The summed E-state index contributed by atoms with van der Waals surface area (Å²) in [7, 11) is 0. The van der Waals surface area contributed by atoms with Gasteiger partial charge in [-0.3, -0.25) is 0 Å². The Morgan fingerprint density at radius 2 is 1.71 bits per heavy atom. The summed E-state index contributed by atoms with van der Waals surface area (Å²) in [6.45, 7) is 5.83. The highest BCUT2D eigenvalue weighted by Gasteiger charge is 2.41. The van der Waals surface area contributed by atoms with Crippen molar-refractivity contribution in [3.05, 3.63) is 94.9 Å². The van der Waals surface area contributed by atoms with Crippen LogP contribution in [-0.2, 0) is 6.42 Å². The van der Waals surface area contributed by atoms with Gasteiger partial charge in [0.2, 0.25) is 0 Å². The summed E-state index contributed by atoms with van der Waals surface area (Å²) in [5, 5.41) is 1.23. The van der Waals surface area contributed by atoms with Crippen molar-refractivity contribution in [3.8, 4) is 0 Å². The maximum Gasteiger partial charge on any atom is 0.161 e. The largest absolute Gasteiger partial charge is 0.239 e. The molecule has 1 saturated carbocycles. The first-order chi connectivity index (χ1) is 17.1. The normalized spacial score (nSPS) is 26.4. The topological polar surface area (TPSA) is 0 Å². The molecular formula is C33H40F2. The molecule has 0 nitrogen and oxygen atoms in total. The number of allylic oxidation sites excluding steroid dienone is 3. The van der Waals surface area contributed by atoms with Crippen molar-refractivity contribution in [1.29, 1.82) is 0 Å². The molecule has 35 heavy (non-hydrogen) atoms. The molecule has 0 amide bonds. The highest BCUT2D eigenvalue weighted by Crippen LogP contribution is 2.43. The van der Waals surface area contributed by atoms with E-state index in [0.29, 0.717) is 24.0 Å². The molecule has 0 aromatic heterocycles. The minimum atomic E-state index is -1.60. The van der Waals surface area contributed by atoms with Gasteiger partial charge in [0, 0.05) is 10.6 Å². The Morgan fingerprint density at radius 1 is 0.971 bits per heavy atom. The smallest absolute Gasteiger partial charge is 0.161 e. The summed E-state index contributed by atoms with van der Waals surface area (Å²) in [6, 6.07) is 16.3. The second-order valence-corrected chi connectivity index (χ2v) is 10.6. The Labute approximate surface area is 210 Å². The average Bonchev–Trinajstić information content (AvgIpc) is 2.90. The quantitative estimate of drug-likeness (QED) is 0.305. The molecule has 4 rings (SSSR count). The van der Waals surface area contributed by atoms with Gasteiger partial charge in [0.15, 0.2) is 6.17 Å². The van der Waals surface area contributed by atoms with Gasteiger partial charge in [-0.2, -0.15) is 0 Å². The van der Waals surface area contributed by atoms with E-state index in [0.717, 1.165) is 30.4 Å². The summed E-state index contributed by atoms with van der Waals surface area (Å²) < 4.78 is 30.8. The molecule has 2 aromatic rings. The third-order valence-corrected chi connectivity index (χ3v) is 8.36. The first-order valence-corrected chi connectivity index (χ1v) is 13.5. The van der Waals surface area contributed by atoms with Crippen molar-refractivity contribution in [1.82, 2.24) is 0 Å². The molecule has 2 heteroatoms. The van der Waals surface area contributed by atoms with E-state index in [9.17, 15) is 0 Å². The van der Waals surface area contributed by atoms with Crippen LogP contribution >= 0.6 is 0 Å². The van der Waals surface area contributed by atoms with E-state index in [-0.39, 0.29) is 0 Å². The zero-order valence-corrected chi connectivity index (χ0v) is 21.2. The fraction of sp³-hybridized carbons (Fsp3) is 0.455. The fourth-order valence-electron chi connectivity index (χ4n) is 6.13. The summed E-state index contributed by atoms with van der Waals surface area (Å²) >= 11 is 0. The predicted molar refractivity (Wildman–Crippen MR) is 145 cm³/mol. The molecule has 0 radical (unpaired) electrons. The third-order valence-electron chi connectivity index (χ3n) is 8.36. The van der Waals surface area contributed by atoms with Crippen molar-refractivity contribution < 1.29 is 8.78 Å². The molecule has 2 aromatic carbocycles. The third kappa shape index (κ3) is 6.02. The molecule has 1 fully saturated rings. The van der Waals surface area contributed by atoms with E-state index in [2.05, 4.69) is 36.9 Å². The maximum atomic E-state index is 15.6. The van der Waals surface area contributed by atoms with Crippen LogP contribution in [0.1, 0.15) is 81.8 Å². The molecule has 0 heterocycles. The van der Waals surface area contributed by atoms with E-state index in [4.69, 9.17) is 0 Å². The summed E-state index contributed by atoms with van der Waals surface area (Å²) in [5.74, 6) is 0.894. The zero-order valence-electron chi connectivity index (χ0n) is 21.2. The molecule has 0 saturated heterocycles. The van der Waals surface area contributed by atoms with Crippen LogP contribution in [0.15, 0.2) is 73.3 Å². The number of hydrogen-bond donors (Lipinski definition) is 0. The second kappa shape index (κ2) is 12.0. The Bertz CT molecular complexity index is 1120. The lowest BCUT2D eigenvalue weighted by Gasteiger charge is -2.35. The van der Waals surface area contributed by atoms with Crippen LogP contribution in [0.5, 0.6) is 0 Å². The van der Waals surface area contributed by atoms with Crippen LogP contribution in [0.3, 0.4) is 0 Å². The molecule has 2 atom stereocenters. The Hall–Kier alpha value is -2.48. The minimum Gasteiger partial charge on any atom is -0.239 e. The van der Waals surface area contributed by atoms with Crippen molar-refractivity contribution in [2.45, 2.75) is 83.2 Å². The van der Waals surface area contributed by atoms with Gasteiger partial charge in [-0.05, 0) is 99.3 Å². The van der Waals surface area contributed by atoms with Crippen molar-refractivity contribution in [2.75, 3.05) is 0 Å². The maximum absolute atomic E-state index is 15.6. The molecular weight excluding hydrogens is 434 g/mol. The molecule has 0 spiro atoms. The SMILES string of the molecule is C=CCCC1CCC(c2ccc(CCC3(CC/C=C/C)C=c4ccccc4=C(F)C3F)cc2)CC1. The molecule has 2 aliphatic carbocycles. The standard InChI is InChI=1S/C33H40F2/c1-3-5-9-22-33(24-29-11-7-8-12-30(29)31(34)32(33)35)23-21-26-15-19-28(20-16-26)27-17-13-25(14-18-27)10-6-4-2/h3-5,7-8,11-12,15-16,19-20,24-25,27,32H,2,6,9-10,13-14,17-18,21-23H2,1H3/b5-3+. The highest BCUT2D eigenvalue weighted by molar-refractivity contribution is 5.55. The first kappa shape index (κ1) is 25.6. The van der Waals surface area contributed by atoms with Crippen molar-refractivity contribution in [3.63, 3.8) is 0 Å². The van der Waals surface area contributed by atoms with Crippen LogP contribution in [0.25, 0.3) is 11.9 Å². The summed E-state index contributed by atoms with van der Waals surface area (Å²) in [4.78, 5) is 0.